The number of nitrogens with zero attached hydrogens (tertiary/aromatic N) is 1. The highest BCUT2D eigenvalue weighted by Crippen LogP contribution is 2.23. The van der Waals surface area contributed by atoms with Gasteiger partial charge in [-0.3, -0.25) is 9.69 Å². The Morgan fingerprint density at radius 2 is 2.22 bits per heavy atom. The van der Waals surface area contributed by atoms with E-state index in [0.717, 1.165) is 36.0 Å². The smallest absolute Gasteiger partial charge is 0.220 e. The average molecular weight is 337 g/mol. The van der Waals surface area contributed by atoms with Gasteiger partial charge in [-0.25, -0.2) is 0 Å². The maximum Gasteiger partial charge on any atom is 0.220 e. The summed E-state index contributed by atoms with van der Waals surface area (Å²) < 4.78 is 0. The van der Waals surface area contributed by atoms with Crippen LogP contribution in [0.25, 0.3) is 0 Å². The van der Waals surface area contributed by atoms with Crippen LogP contribution in [0.2, 0.25) is 5.02 Å². The SMILES string of the molecule is CC1CCCN(C(C)(C)CNC(=O)CCc2cccc(Cl)c2)C1. The number of carbonyl (C=O) groups excluding carboxylic acids is 1. The van der Waals surface area contributed by atoms with E-state index < -0.39 is 0 Å². The summed E-state index contributed by atoms with van der Waals surface area (Å²) in [5.74, 6) is 0.865. The van der Waals surface area contributed by atoms with Crippen LogP contribution >= 0.6 is 11.6 Å². The van der Waals surface area contributed by atoms with Crippen LogP contribution in [0.4, 0.5) is 0 Å². The molecule has 0 bridgehead atoms. The zero-order chi connectivity index (χ0) is 16.9. The van der Waals surface area contributed by atoms with Gasteiger partial charge < -0.3 is 5.32 Å². The minimum absolute atomic E-state index is 0.0143. The van der Waals surface area contributed by atoms with Gasteiger partial charge in [-0.1, -0.05) is 30.7 Å². The predicted octanol–water partition coefficient (Wildman–Crippen LogP) is 3.90. The quantitative estimate of drug-likeness (QED) is 0.854. The Morgan fingerprint density at radius 1 is 1.43 bits per heavy atom. The Kier molecular flexibility index (Phi) is 6.49. The molecule has 1 N–H and O–H groups in total. The molecule has 0 spiro atoms. The molecule has 1 unspecified atom stereocenters. The molecule has 1 atom stereocenters. The first kappa shape index (κ1) is 18.3. The molecule has 0 aromatic heterocycles. The van der Waals surface area contributed by atoms with Gasteiger partial charge in [0.15, 0.2) is 0 Å². The van der Waals surface area contributed by atoms with Gasteiger partial charge >= 0.3 is 0 Å². The van der Waals surface area contributed by atoms with Gasteiger partial charge in [0, 0.05) is 30.1 Å². The van der Waals surface area contributed by atoms with Gasteiger partial charge in [0.25, 0.3) is 0 Å². The van der Waals surface area contributed by atoms with Crippen LogP contribution in [-0.2, 0) is 11.2 Å². The van der Waals surface area contributed by atoms with E-state index in [1.165, 1.54) is 12.8 Å². The van der Waals surface area contributed by atoms with Crippen molar-refractivity contribution in [2.45, 2.75) is 52.0 Å². The molecule has 1 aromatic carbocycles. The van der Waals surface area contributed by atoms with E-state index in [2.05, 4.69) is 31.0 Å². The normalized spacial score (nSPS) is 19.6. The number of carbonyl (C=O) groups is 1. The molecule has 2 rings (SSSR count). The largest absolute Gasteiger partial charge is 0.354 e. The molecule has 0 saturated carbocycles. The van der Waals surface area contributed by atoms with E-state index in [4.69, 9.17) is 11.6 Å². The number of piperidine rings is 1. The van der Waals surface area contributed by atoms with Gasteiger partial charge in [0.1, 0.15) is 0 Å². The third-order valence-electron chi connectivity index (χ3n) is 4.76. The summed E-state index contributed by atoms with van der Waals surface area (Å²) in [5.41, 5.74) is 1.12. The van der Waals surface area contributed by atoms with Crippen molar-refractivity contribution >= 4 is 17.5 Å². The van der Waals surface area contributed by atoms with Gasteiger partial charge in [-0.2, -0.15) is 0 Å². The van der Waals surface area contributed by atoms with E-state index in [-0.39, 0.29) is 11.4 Å². The first-order chi connectivity index (χ1) is 10.9. The van der Waals surface area contributed by atoms with Crippen molar-refractivity contribution < 1.29 is 4.79 Å². The summed E-state index contributed by atoms with van der Waals surface area (Å²) in [5, 5.41) is 3.83. The number of halogens is 1. The summed E-state index contributed by atoms with van der Waals surface area (Å²) in [4.78, 5) is 14.6. The molecule has 23 heavy (non-hydrogen) atoms. The minimum atomic E-state index is 0.0143. The highest BCUT2D eigenvalue weighted by atomic mass is 35.5. The fourth-order valence-corrected chi connectivity index (χ4v) is 3.42. The second-order valence-corrected chi connectivity index (χ2v) is 7.85. The van der Waals surface area contributed by atoms with Gasteiger partial charge in [-0.05, 0) is 63.3 Å². The average Bonchev–Trinajstić information content (AvgIpc) is 2.51. The zero-order valence-electron chi connectivity index (χ0n) is 14.6. The molecule has 128 valence electrons. The van der Waals surface area contributed by atoms with Crippen LogP contribution in [0, 0.1) is 5.92 Å². The summed E-state index contributed by atoms with van der Waals surface area (Å²) >= 11 is 5.97. The number of amides is 1. The molecule has 1 aromatic rings. The van der Waals surface area contributed by atoms with Gasteiger partial charge in [0.05, 0.1) is 0 Å². The van der Waals surface area contributed by atoms with Crippen molar-refractivity contribution in [3.8, 4) is 0 Å². The maximum absolute atomic E-state index is 12.1. The number of nitrogens with one attached hydrogen (secondary N) is 1. The third-order valence-corrected chi connectivity index (χ3v) is 5.00. The molecular formula is C19H29ClN2O. The number of hydrogen-bond acceptors (Lipinski definition) is 2. The van der Waals surface area contributed by atoms with Crippen molar-refractivity contribution in [1.29, 1.82) is 0 Å². The van der Waals surface area contributed by atoms with Gasteiger partial charge in [0.2, 0.25) is 5.91 Å². The van der Waals surface area contributed by atoms with Crippen molar-refractivity contribution in [2.24, 2.45) is 5.92 Å². The van der Waals surface area contributed by atoms with Crippen LogP contribution < -0.4 is 5.32 Å². The Morgan fingerprint density at radius 3 is 2.91 bits per heavy atom. The Hall–Kier alpha value is -1.06. The van der Waals surface area contributed by atoms with E-state index in [1.807, 2.05) is 24.3 Å². The number of hydrogen-bond donors (Lipinski definition) is 1. The molecule has 1 heterocycles. The molecule has 1 saturated heterocycles. The monoisotopic (exact) mass is 336 g/mol. The predicted molar refractivity (Wildman–Crippen MR) is 96.8 cm³/mol. The highest BCUT2D eigenvalue weighted by molar-refractivity contribution is 6.30. The second-order valence-electron chi connectivity index (χ2n) is 7.41. The number of aryl methyl sites for hydroxylation is 1. The zero-order valence-corrected chi connectivity index (χ0v) is 15.3. The summed E-state index contributed by atoms with van der Waals surface area (Å²) in [6.45, 7) is 9.73. The highest BCUT2D eigenvalue weighted by Gasteiger charge is 2.30. The molecule has 1 amide bonds. The van der Waals surface area contributed by atoms with Crippen LogP contribution in [0.3, 0.4) is 0 Å². The van der Waals surface area contributed by atoms with Crippen LogP contribution in [0.5, 0.6) is 0 Å². The lowest BCUT2D eigenvalue weighted by Gasteiger charge is -2.43. The fourth-order valence-electron chi connectivity index (χ4n) is 3.20. The van der Waals surface area contributed by atoms with Crippen LogP contribution in [0.1, 0.15) is 45.6 Å². The second kappa shape index (κ2) is 8.16. The topological polar surface area (TPSA) is 32.3 Å². The molecule has 1 aliphatic rings. The van der Waals surface area contributed by atoms with E-state index in [9.17, 15) is 4.79 Å². The molecule has 1 fully saturated rings. The molecule has 4 heteroatoms. The van der Waals surface area contributed by atoms with E-state index >= 15 is 0 Å². The van der Waals surface area contributed by atoms with Crippen LogP contribution in [-0.4, -0.2) is 36.0 Å². The fraction of sp³-hybridized carbons (Fsp3) is 0.632. The van der Waals surface area contributed by atoms with Gasteiger partial charge in [-0.15, -0.1) is 0 Å². The number of benzene rings is 1. The molecule has 0 radical (unpaired) electrons. The van der Waals surface area contributed by atoms with Crippen molar-refractivity contribution in [3.63, 3.8) is 0 Å². The van der Waals surface area contributed by atoms with E-state index in [1.54, 1.807) is 0 Å². The number of rotatable bonds is 6. The summed E-state index contributed by atoms with van der Waals surface area (Å²) in [6, 6.07) is 7.72. The van der Waals surface area contributed by atoms with Crippen molar-refractivity contribution in [2.75, 3.05) is 19.6 Å². The lowest BCUT2D eigenvalue weighted by atomic mass is 9.93. The minimum Gasteiger partial charge on any atom is -0.354 e. The Bertz CT molecular complexity index is 530. The van der Waals surface area contributed by atoms with Crippen LogP contribution in [0.15, 0.2) is 24.3 Å². The first-order valence-corrected chi connectivity index (χ1v) is 9.01. The summed E-state index contributed by atoms with van der Waals surface area (Å²) in [6.07, 6.45) is 3.81. The molecular weight excluding hydrogens is 308 g/mol. The molecule has 3 nitrogen and oxygen atoms in total. The standard InChI is InChI=1S/C19H29ClN2O/c1-15-6-5-11-22(13-15)19(2,3)14-21-18(23)10-9-16-7-4-8-17(20)12-16/h4,7-8,12,15H,5-6,9-11,13-14H2,1-3H3,(H,21,23). The maximum atomic E-state index is 12.1. The first-order valence-electron chi connectivity index (χ1n) is 8.63. The van der Waals surface area contributed by atoms with E-state index in [0.29, 0.717) is 13.0 Å². The Labute approximate surface area is 145 Å². The Balaban J connectivity index is 1.76. The number of likely N-dealkylation sites (tertiary alicyclic amines) is 1. The third kappa shape index (κ3) is 5.82. The van der Waals surface area contributed by atoms with Crippen molar-refractivity contribution in [1.82, 2.24) is 10.2 Å². The lowest BCUT2D eigenvalue weighted by molar-refractivity contribution is -0.121. The molecule has 0 aliphatic carbocycles. The molecule has 1 aliphatic heterocycles. The van der Waals surface area contributed by atoms with Crippen molar-refractivity contribution in [3.05, 3.63) is 34.9 Å². The lowest BCUT2D eigenvalue weighted by Crippen LogP contribution is -2.54. The summed E-state index contributed by atoms with van der Waals surface area (Å²) in [7, 11) is 0.